The van der Waals surface area contributed by atoms with Crippen molar-refractivity contribution in [2.45, 2.75) is 25.0 Å². The maximum absolute atomic E-state index is 10.8. The van der Waals surface area contributed by atoms with Crippen molar-refractivity contribution in [2.75, 3.05) is 17.3 Å². The standard InChI is InChI=1S/C15H18N2O2S2/c1-10-3-2-4-12-14(10)16-15(21-9-13(18)19)17(12)7-11-5-6-20-8-11/h2-4,11H,5-9H2,1H3,(H,18,19). The molecular weight excluding hydrogens is 304 g/mol. The molecule has 1 aromatic heterocycles. The zero-order chi connectivity index (χ0) is 14.8. The average molecular weight is 322 g/mol. The zero-order valence-electron chi connectivity index (χ0n) is 11.9. The maximum atomic E-state index is 10.8. The largest absolute Gasteiger partial charge is 0.481 e. The van der Waals surface area contributed by atoms with Crippen molar-refractivity contribution in [3.63, 3.8) is 0 Å². The van der Waals surface area contributed by atoms with Crippen molar-refractivity contribution in [3.05, 3.63) is 23.8 Å². The van der Waals surface area contributed by atoms with Gasteiger partial charge >= 0.3 is 5.97 Å². The van der Waals surface area contributed by atoms with Crippen LogP contribution in [0.5, 0.6) is 0 Å². The lowest BCUT2D eigenvalue weighted by Crippen LogP contribution is -2.11. The molecule has 112 valence electrons. The third-order valence-electron chi connectivity index (χ3n) is 3.74. The van der Waals surface area contributed by atoms with Crippen LogP contribution in [0, 0.1) is 12.8 Å². The highest BCUT2D eigenvalue weighted by atomic mass is 32.2. The molecule has 4 nitrogen and oxygen atoms in total. The van der Waals surface area contributed by atoms with Gasteiger partial charge in [-0.05, 0) is 42.4 Å². The number of imidazole rings is 1. The van der Waals surface area contributed by atoms with Crippen LogP contribution in [0.15, 0.2) is 23.4 Å². The fraction of sp³-hybridized carbons (Fsp3) is 0.467. The van der Waals surface area contributed by atoms with Gasteiger partial charge in [0.05, 0.1) is 16.8 Å². The summed E-state index contributed by atoms with van der Waals surface area (Å²) in [4.78, 5) is 15.5. The molecule has 0 bridgehead atoms. The number of aromatic nitrogens is 2. The summed E-state index contributed by atoms with van der Waals surface area (Å²) in [7, 11) is 0. The van der Waals surface area contributed by atoms with Gasteiger partial charge in [-0.15, -0.1) is 0 Å². The van der Waals surface area contributed by atoms with E-state index in [1.165, 1.54) is 29.7 Å². The van der Waals surface area contributed by atoms with E-state index in [0.29, 0.717) is 5.92 Å². The molecule has 1 fully saturated rings. The van der Waals surface area contributed by atoms with E-state index in [2.05, 4.69) is 28.6 Å². The van der Waals surface area contributed by atoms with Gasteiger partial charge in [0.2, 0.25) is 0 Å². The number of carboxylic acid groups (broad SMARTS) is 1. The summed E-state index contributed by atoms with van der Waals surface area (Å²) in [5.41, 5.74) is 3.26. The highest BCUT2D eigenvalue weighted by Gasteiger charge is 2.20. The quantitative estimate of drug-likeness (QED) is 0.856. The molecule has 1 atom stereocenters. The average Bonchev–Trinajstić information content (AvgIpc) is 3.07. The Morgan fingerprint density at radius 3 is 3.14 bits per heavy atom. The van der Waals surface area contributed by atoms with E-state index in [0.717, 1.165) is 28.3 Å². The lowest BCUT2D eigenvalue weighted by atomic mass is 10.1. The van der Waals surface area contributed by atoms with Gasteiger partial charge in [0.15, 0.2) is 5.16 Å². The molecule has 0 saturated carbocycles. The van der Waals surface area contributed by atoms with E-state index in [-0.39, 0.29) is 5.75 Å². The van der Waals surface area contributed by atoms with E-state index >= 15 is 0 Å². The second-order valence-corrected chi connectivity index (χ2v) is 7.45. The number of carbonyl (C=O) groups is 1. The van der Waals surface area contributed by atoms with Crippen molar-refractivity contribution in [2.24, 2.45) is 5.92 Å². The Bertz CT molecular complexity index is 663. The van der Waals surface area contributed by atoms with Gasteiger partial charge in [-0.3, -0.25) is 4.79 Å². The molecule has 2 heterocycles. The van der Waals surface area contributed by atoms with Crippen molar-refractivity contribution >= 4 is 40.5 Å². The van der Waals surface area contributed by atoms with Crippen molar-refractivity contribution in [3.8, 4) is 0 Å². The summed E-state index contributed by atoms with van der Waals surface area (Å²) >= 11 is 3.32. The first-order chi connectivity index (χ1) is 10.1. The van der Waals surface area contributed by atoms with Gasteiger partial charge < -0.3 is 9.67 Å². The van der Waals surface area contributed by atoms with Crippen LogP contribution in [0.4, 0.5) is 0 Å². The highest BCUT2D eigenvalue weighted by Crippen LogP contribution is 2.30. The molecule has 1 saturated heterocycles. The van der Waals surface area contributed by atoms with Crippen LogP contribution in [0.25, 0.3) is 11.0 Å². The summed E-state index contributed by atoms with van der Waals surface area (Å²) in [5, 5.41) is 9.75. The number of hydrogen-bond donors (Lipinski definition) is 1. The third kappa shape index (κ3) is 3.21. The number of carboxylic acids is 1. The fourth-order valence-electron chi connectivity index (χ4n) is 2.66. The van der Waals surface area contributed by atoms with Crippen molar-refractivity contribution < 1.29 is 9.90 Å². The summed E-state index contributed by atoms with van der Waals surface area (Å²) in [6, 6.07) is 6.18. The van der Waals surface area contributed by atoms with E-state index in [4.69, 9.17) is 5.11 Å². The van der Waals surface area contributed by atoms with E-state index < -0.39 is 5.97 Å². The predicted octanol–water partition coefficient (Wildman–Crippen LogP) is 3.27. The molecule has 1 unspecified atom stereocenters. The number of para-hydroxylation sites is 1. The fourth-order valence-corrected chi connectivity index (χ4v) is 4.67. The Hall–Kier alpha value is -1.14. The maximum Gasteiger partial charge on any atom is 0.313 e. The first-order valence-corrected chi connectivity index (χ1v) is 9.17. The monoisotopic (exact) mass is 322 g/mol. The molecule has 2 aromatic rings. The number of benzene rings is 1. The lowest BCUT2D eigenvalue weighted by molar-refractivity contribution is -0.133. The lowest BCUT2D eigenvalue weighted by Gasteiger charge is -2.13. The Morgan fingerprint density at radius 1 is 1.57 bits per heavy atom. The molecule has 21 heavy (non-hydrogen) atoms. The Morgan fingerprint density at radius 2 is 2.43 bits per heavy atom. The van der Waals surface area contributed by atoms with Crippen molar-refractivity contribution in [1.82, 2.24) is 9.55 Å². The molecule has 1 aliphatic rings. The molecule has 1 N–H and O–H groups in total. The van der Waals surface area contributed by atoms with Gasteiger partial charge in [0, 0.05) is 6.54 Å². The smallest absolute Gasteiger partial charge is 0.313 e. The summed E-state index contributed by atoms with van der Waals surface area (Å²) in [6.07, 6.45) is 1.24. The van der Waals surface area contributed by atoms with Crippen LogP contribution < -0.4 is 0 Å². The SMILES string of the molecule is Cc1cccc2c1nc(SCC(=O)O)n2CC1CCSC1. The topological polar surface area (TPSA) is 55.1 Å². The predicted molar refractivity (Wildman–Crippen MR) is 88.3 cm³/mol. The highest BCUT2D eigenvalue weighted by molar-refractivity contribution is 7.99. The number of nitrogens with zero attached hydrogens (tertiary/aromatic N) is 2. The molecule has 6 heteroatoms. The van der Waals surface area contributed by atoms with Gasteiger partial charge in [-0.2, -0.15) is 11.8 Å². The zero-order valence-corrected chi connectivity index (χ0v) is 13.5. The molecule has 1 aromatic carbocycles. The Kier molecular flexibility index (Phi) is 4.45. The first kappa shape index (κ1) is 14.8. The second-order valence-electron chi connectivity index (χ2n) is 5.36. The van der Waals surface area contributed by atoms with Crippen LogP contribution in [0.1, 0.15) is 12.0 Å². The molecule has 3 rings (SSSR count). The van der Waals surface area contributed by atoms with Gasteiger partial charge in [0.25, 0.3) is 0 Å². The normalized spacial score (nSPS) is 18.4. The van der Waals surface area contributed by atoms with Crippen LogP contribution in [-0.4, -0.2) is 37.9 Å². The van der Waals surface area contributed by atoms with Gasteiger partial charge in [-0.1, -0.05) is 23.9 Å². The van der Waals surface area contributed by atoms with Crippen LogP contribution in [0.3, 0.4) is 0 Å². The number of hydrogen-bond acceptors (Lipinski definition) is 4. The van der Waals surface area contributed by atoms with Gasteiger partial charge in [-0.25, -0.2) is 4.98 Å². The molecule has 0 amide bonds. The molecule has 0 spiro atoms. The van der Waals surface area contributed by atoms with E-state index in [1.54, 1.807) is 0 Å². The minimum atomic E-state index is -0.799. The second kappa shape index (κ2) is 6.32. The minimum Gasteiger partial charge on any atom is -0.481 e. The molecule has 0 radical (unpaired) electrons. The number of fused-ring (bicyclic) bond motifs is 1. The Labute approximate surface area is 132 Å². The number of thioether (sulfide) groups is 2. The van der Waals surface area contributed by atoms with Gasteiger partial charge in [0.1, 0.15) is 0 Å². The molecule has 1 aliphatic heterocycles. The number of aliphatic carboxylic acids is 1. The number of rotatable bonds is 5. The summed E-state index contributed by atoms with van der Waals surface area (Å²) < 4.78 is 2.21. The van der Waals surface area contributed by atoms with Crippen LogP contribution in [0.2, 0.25) is 0 Å². The first-order valence-electron chi connectivity index (χ1n) is 7.03. The van der Waals surface area contributed by atoms with E-state index in [1.807, 2.05) is 17.8 Å². The molecule has 0 aliphatic carbocycles. The van der Waals surface area contributed by atoms with Crippen LogP contribution in [-0.2, 0) is 11.3 Å². The number of aryl methyl sites for hydroxylation is 1. The van der Waals surface area contributed by atoms with E-state index in [9.17, 15) is 4.79 Å². The Balaban J connectivity index is 1.97. The minimum absolute atomic E-state index is 0.0573. The van der Waals surface area contributed by atoms with Crippen LogP contribution >= 0.6 is 23.5 Å². The molecular formula is C15H18N2O2S2. The summed E-state index contributed by atoms with van der Waals surface area (Å²) in [5.74, 6) is 2.34. The van der Waals surface area contributed by atoms with Crippen molar-refractivity contribution in [1.29, 1.82) is 0 Å². The summed E-state index contributed by atoms with van der Waals surface area (Å²) in [6.45, 7) is 2.99. The third-order valence-corrected chi connectivity index (χ3v) is 5.93.